The smallest absolute Gasteiger partial charge is 0.307 e. The van der Waals surface area contributed by atoms with Gasteiger partial charge in [-0.05, 0) is 81.5 Å². The van der Waals surface area contributed by atoms with E-state index in [1.807, 2.05) is 32.6 Å². The molecule has 0 unspecified atom stereocenters. The van der Waals surface area contributed by atoms with Crippen molar-refractivity contribution in [3.05, 3.63) is 12.7 Å². The third kappa shape index (κ3) is 14.3. The molecule has 4 aliphatic rings. The van der Waals surface area contributed by atoms with Crippen LogP contribution in [0.25, 0.3) is 0 Å². The molecule has 12 heteroatoms. The Morgan fingerprint density at radius 2 is 1.66 bits per heavy atom. The lowest BCUT2D eigenvalue weighted by Gasteiger charge is -2.39. The third-order valence-electron chi connectivity index (χ3n) is 12.9. The van der Waals surface area contributed by atoms with Gasteiger partial charge in [0, 0.05) is 51.4 Å². The third-order valence-corrected chi connectivity index (χ3v) is 12.9. The van der Waals surface area contributed by atoms with E-state index in [4.69, 9.17) is 9.47 Å². The van der Waals surface area contributed by atoms with Gasteiger partial charge in [-0.25, -0.2) is 9.79 Å². The predicted octanol–water partition coefficient (Wildman–Crippen LogP) is 7.64. The Hall–Kier alpha value is -3.50. The molecule has 4 fully saturated rings. The SMILES string of the molecule is C=CCCC(=O)C(=O)[C@@H]1CCCCCCCO[C@@H](C)[C@H](CC(=O)OC(C)(C)C)C(=O)N2C[C@H]3[C@@H]([C@H]2C(=O)C1)C3(C)C.CC1(C)CCN(C[C@@H](N=C=O)C(C)(C)C)C(=O)C1. The minimum Gasteiger partial charge on any atom is -0.460 e. The first-order chi connectivity index (χ1) is 27.3. The molecule has 3 heterocycles. The summed E-state index contributed by atoms with van der Waals surface area (Å²) in [6.07, 6.45) is 9.50. The van der Waals surface area contributed by atoms with Crippen LogP contribution in [0.4, 0.5) is 0 Å². The van der Waals surface area contributed by atoms with Gasteiger partial charge in [0.2, 0.25) is 23.7 Å². The molecular weight excluding hydrogens is 751 g/mol. The maximum Gasteiger partial charge on any atom is 0.307 e. The summed E-state index contributed by atoms with van der Waals surface area (Å²) in [6, 6.07) is -0.859. The van der Waals surface area contributed by atoms with Crippen molar-refractivity contribution in [2.75, 3.05) is 26.2 Å². The lowest BCUT2D eigenvalue weighted by atomic mass is 9.81. The monoisotopic (exact) mass is 826 g/mol. The fourth-order valence-electron chi connectivity index (χ4n) is 8.94. The molecule has 7 atom stereocenters. The van der Waals surface area contributed by atoms with Gasteiger partial charge < -0.3 is 19.3 Å². The van der Waals surface area contributed by atoms with Crippen molar-refractivity contribution in [1.29, 1.82) is 0 Å². The minimum atomic E-state index is -0.786. The quantitative estimate of drug-likeness (QED) is 0.0710. The molecule has 332 valence electrons. The van der Waals surface area contributed by atoms with Crippen molar-refractivity contribution < 1.29 is 43.0 Å². The van der Waals surface area contributed by atoms with Crippen LogP contribution in [0.15, 0.2) is 17.6 Å². The molecule has 0 N–H and O–H groups in total. The molecule has 0 bridgehead atoms. The molecular formula is C47H75N3O9. The molecule has 1 saturated carbocycles. The second kappa shape index (κ2) is 20.8. The standard InChI is InChI=1S/C33H51NO7.C14H24N2O2/c1-8-9-16-25(35)30(38)22-15-13-11-10-12-14-17-40-21(2)23(19-27(37)41-32(3,4)5)31(39)34-20-24-28(33(24,6)7)29(34)26(36)18-22;1-13(2,3)11(15-10-17)9-16-7-6-14(4,5)8-12(16)18/h8,21-24,28-29H,1,9-20H2,2-7H3;11H,6-9H2,1-5H3/t21-,22+,23-,24-,28-,29+;11-/m01/s1. The van der Waals surface area contributed by atoms with E-state index in [9.17, 15) is 33.6 Å². The van der Waals surface area contributed by atoms with Crippen LogP contribution in [0, 0.1) is 39.9 Å². The molecule has 0 aromatic carbocycles. The van der Waals surface area contributed by atoms with Gasteiger partial charge in [-0.1, -0.05) is 80.2 Å². The summed E-state index contributed by atoms with van der Waals surface area (Å²) in [4.78, 5) is 96.8. The zero-order valence-corrected chi connectivity index (χ0v) is 38.2. The highest BCUT2D eigenvalue weighted by Gasteiger charge is 2.69. The number of hydrogen-bond acceptors (Lipinski definition) is 10. The number of ketones is 3. The number of hydrogen-bond donors (Lipinski definition) is 0. The summed E-state index contributed by atoms with van der Waals surface area (Å²) in [6.45, 7) is 27.5. The van der Waals surface area contributed by atoms with Crippen molar-refractivity contribution in [3.63, 3.8) is 0 Å². The van der Waals surface area contributed by atoms with Crippen LogP contribution in [0.1, 0.15) is 153 Å². The normalized spacial score (nSPS) is 28.2. The number of likely N-dealkylation sites (tertiary alicyclic amines) is 1. The number of aliphatic imine (C=N–C) groups is 1. The van der Waals surface area contributed by atoms with E-state index in [2.05, 4.69) is 39.3 Å². The number of allylic oxidation sites excluding steroid dienone is 1. The van der Waals surface area contributed by atoms with Crippen LogP contribution >= 0.6 is 0 Å². The summed E-state index contributed by atoms with van der Waals surface area (Å²) in [5.41, 5.74) is -0.825. The molecule has 0 aromatic heterocycles. The Balaban J connectivity index is 0.000000431. The number of fused-ring (bicyclic) bond motifs is 3. The largest absolute Gasteiger partial charge is 0.460 e. The minimum absolute atomic E-state index is 0.0107. The Labute approximate surface area is 354 Å². The molecule has 4 rings (SSSR count). The molecule has 3 saturated heterocycles. The number of carbonyl (C=O) groups is 6. The maximum absolute atomic E-state index is 14.2. The van der Waals surface area contributed by atoms with Gasteiger partial charge in [-0.3, -0.25) is 28.8 Å². The van der Waals surface area contributed by atoms with Gasteiger partial charge in [-0.2, -0.15) is 0 Å². The van der Waals surface area contributed by atoms with Crippen LogP contribution in [0.3, 0.4) is 0 Å². The van der Waals surface area contributed by atoms with Crippen molar-refractivity contribution in [3.8, 4) is 0 Å². The van der Waals surface area contributed by atoms with Crippen molar-refractivity contribution in [2.24, 2.45) is 44.9 Å². The predicted molar refractivity (Wildman–Crippen MR) is 227 cm³/mol. The summed E-state index contributed by atoms with van der Waals surface area (Å²) >= 11 is 0. The number of esters is 1. The zero-order valence-electron chi connectivity index (χ0n) is 38.2. The second-order valence-corrected chi connectivity index (χ2v) is 20.9. The van der Waals surface area contributed by atoms with Gasteiger partial charge in [0.25, 0.3) is 0 Å². The van der Waals surface area contributed by atoms with E-state index >= 15 is 0 Å². The van der Waals surface area contributed by atoms with Crippen molar-refractivity contribution in [1.82, 2.24) is 9.80 Å². The van der Waals surface area contributed by atoms with Gasteiger partial charge in [0.15, 0.2) is 11.6 Å². The highest BCUT2D eigenvalue weighted by molar-refractivity contribution is 6.38. The van der Waals surface area contributed by atoms with Crippen LogP contribution in [0.2, 0.25) is 0 Å². The highest BCUT2D eigenvalue weighted by atomic mass is 16.6. The fraction of sp³-hybridized carbons (Fsp3) is 0.809. The number of nitrogens with zero attached hydrogens (tertiary/aromatic N) is 3. The Morgan fingerprint density at radius 1 is 1.02 bits per heavy atom. The average Bonchev–Trinajstić information content (AvgIpc) is 3.42. The number of carbonyl (C=O) groups excluding carboxylic acids is 7. The molecule has 1 aliphatic carbocycles. The average molecular weight is 826 g/mol. The Bertz CT molecular complexity index is 1580. The van der Waals surface area contributed by atoms with Crippen molar-refractivity contribution in [2.45, 2.75) is 177 Å². The molecule has 59 heavy (non-hydrogen) atoms. The number of rotatable bonds is 10. The van der Waals surface area contributed by atoms with Crippen LogP contribution in [0.5, 0.6) is 0 Å². The number of isocyanates is 1. The van der Waals surface area contributed by atoms with E-state index in [1.165, 1.54) is 0 Å². The van der Waals surface area contributed by atoms with Crippen LogP contribution in [-0.4, -0.2) is 101 Å². The Kier molecular flexibility index (Phi) is 17.6. The van der Waals surface area contributed by atoms with Gasteiger partial charge in [0.1, 0.15) is 5.60 Å². The topological polar surface area (TPSA) is 157 Å². The summed E-state index contributed by atoms with van der Waals surface area (Å²) in [7, 11) is 0. The first-order valence-electron chi connectivity index (χ1n) is 22.0. The number of Topliss-reactive ketones (excluding diaryl/α,β-unsaturated/α-hetero) is 3. The van der Waals surface area contributed by atoms with E-state index < -0.39 is 47.1 Å². The summed E-state index contributed by atoms with van der Waals surface area (Å²) in [5.74, 6) is -2.98. The maximum atomic E-state index is 14.2. The van der Waals surface area contributed by atoms with Gasteiger partial charge >= 0.3 is 5.97 Å². The number of ether oxygens (including phenoxy) is 2. The number of piperidine rings is 2. The summed E-state index contributed by atoms with van der Waals surface area (Å²) in [5, 5.41) is 0. The zero-order chi connectivity index (χ0) is 44.5. The first kappa shape index (κ1) is 49.9. The lowest BCUT2D eigenvalue weighted by Crippen LogP contribution is -2.50. The van der Waals surface area contributed by atoms with Crippen molar-refractivity contribution >= 4 is 41.2 Å². The fourth-order valence-corrected chi connectivity index (χ4v) is 8.94. The Morgan fingerprint density at radius 3 is 2.25 bits per heavy atom. The van der Waals surface area contributed by atoms with E-state index in [-0.39, 0.29) is 71.0 Å². The summed E-state index contributed by atoms with van der Waals surface area (Å²) < 4.78 is 11.6. The number of amides is 2. The van der Waals surface area contributed by atoms with E-state index in [0.29, 0.717) is 39.0 Å². The molecule has 2 amide bonds. The van der Waals surface area contributed by atoms with E-state index in [0.717, 1.165) is 45.1 Å². The van der Waals surface area contributed by atoms with Gasteiger partial charge in [-0.15, -0.1) is 6.58 Å². The first-order valence-corrected chi connectivity index (χ1v) is 22.0. The molecule has 0 spiro atoms. The molecule has 0 radical (unpaired) electrons. The van der Waals surface area contributed by atoms with Gasteiger partial charge in [0.05, 0.1) is 30.5 Å². The van der Waals surface area contributed by atoms with Crippen LogP contribution in [-0.2, 0) is 43.0 Å². The van der Waals surface area contributed by atoms with Crippen LogP contribution < -0.4 is 0 Å². The molecule has 0 aromatic rings. The molecule has 3 aliphatic heterocycles. The highest BCUT2D eigenvalue weighted by Crippen LogP contribution is 2.65. The second-order valence-electron chi connectivity index (χ2n) is 20.9. The van der Waals surface area contributed by atoms with E-state index in [1.54, 1.807) is 37.8 Å². The molecule has 12 nitrogen and oxygen atoms in total. The lowest BCUT2D eigenvalue weighted by molar-refractivity contribution is -0.162.